The molecular formula is C19H17FN6O. The molecule has 4 aromatic heterocycles. The average molecular weight is 364 g/mol. The molecule has 7 nitrogen and oxygen atoms in total. The van der Waals surface area contributed by atoms with Crippen LogP contribution in [0.5, 0.6) is 0 Å². The summed E-state index contributed by atoms with van der Waals surface area (Å²) in [6, 6.07) is 6.88. The summed E-state index contributed by atoms with van der Waals surface area (Å²) in [7, 11) is 3.64. The third-order valence-electron chi connectivity index (χ3n) is 4.26. The summed E-state index contributed by atoms with van der Waals surface area (Å²) < 4.78 is 14.2. The number of pyridine rings is 3. The minimum absolute atomic E-state index is 0.195. The van der Waals surface area contributed by atoms with Crippen LogP contribution in [0.25, 0.3) is 22.2 Å². The van der Waals surface area contributed by atoms with Gasteiger partial charge in [-0.2, -0.15) is 0 Å². The van der Waals surface area contributed by atoms with Crippen LogP contribution in [0, 0.1) is 5.82 Å². The quantitative estimate of drug-likeness (QED) is 0.517. The van der Waals surface area contributed by atoms with Crippen LogP contribution in [0.4, 0.5) is 21.6 Å². The lowest BCUT2D eigenvalue weighted by atomic mass is 10.1. The van der Waals surface area contributed by atoms with Crippen molar-refractivity contribution in [1.82, 2.24) is 19.9 Å². The fraction of sp³-hybridized carbons (Fsp3) is 0.105. The Kier molecular flexibility index (Phi) is 4.08. The summed E-state index contributed by atoms with van der Waals surface area (Å²) in [6.45, 7) is 0. The Morgan fingerprint density at radius 2 is 1.96 bits per heavy atom. The highest BCUT2D eigenvalue weighted by Crippen LogP contribution is 2.31. The summed E-state index contributed by atoms with van der Waals surface area (Å²) in [6.07, 6.45) is 6.04. The molecule has 0 saturated heterocycles. The van der Waals surface area contributed by atoms with E-state index in [4.69, 9.17) is 0 Å². The predicted octanol–water partition coefficient (Wildman–Crippen LogP) is 3.26. The third kappa shape index (κ3) is 3.01. The first-order valence-corrected chi connectivity index (χ1v) is 8.28. The van der Waals surface area contributed by atoms with Crippen LogP contribution < -0.4 is 15.8 Å². The molecule has 0 aliphatic carbocycles. The minimum atomic E-state index is -0.552. The molecular weight excluding hydrogens is 347 g/mol. The van der Waals surface area contributed by atoms with Gasteiger partial charge in [-0.1, -0.05) is 0 Å². The Morgan fingerprint density at radius 3 is 2.74 bits per heavy atom. The van der Waals surface area contributed by atoms with E-state index in [1.807, 2.05) is 26.2 Å². The number of anilines is 3. The van der Waals surface area contributed by atoms with Crippen molar-refractivity contribution < 1.29 is 4.39 Å². The van der Waals surface area contributed by atoms with Gasteiger partial charge in [-0.05, 0) is 24.3 Å². The van der Waals surface area contributed by atoms with Crippen LogP contribution in [0.1, 0.15) is 0 Å². The van der Waals surface area contributed by atoms with Crippen LogP contribution in [-0.4, -0.2) is 34.0 Å². The lowest BCUT2D eigenvalue weighted by Gasteiger charge is -2.19. The lowest BCUT2D eigenvalue weighted by Crippen LogP contribution is -2.20. The second-order valence-corrected chi connectivity index (χ2v) is 6.25. The van der Waals surface area contributed by atoms with E-state index in [0.29, 0.717) is 11.5 Å². The molecule has 0 radical (unpaired) electrons. The van der Waals surface area contributed by atoms with Gasteiger partial charge in [-0.3, -0.25) is 9.78 Å². The molecule has 0 aliphatic rings. The van der Waals surface area contributed by atoms with E-state index >= 15 is 0 Å². The molecule has 136 valence electrons. The van der Waals surface area contributed by atoms with Gasteiger partial charge in [0.05, 0.1) is 23.1 Å². The molecule has 0 saturated carbocycles. The number of aromatic amines is 2. The maximum absolute atomic E-state index is 14.2. The van der Waals surface area contributed by atoms with Gasteiger partial charge in [-0.25, -0.2) is 9.37 Å². The molecule has 8 heteroatoms. The molecule has 4 heterocycles. The molecule has 27 heavy (non-hydrogen) atoms. The fourth-order valence-electron chi connectivity index (χ4n) is 2.98. The smallest absolute Gasteiger partial charge is 0.257 e. The van der Waals surface area contributed by atoms with Crippen LogP contribution in [0.2, 0.25) is 0 Å². The molecule has 0 spiro atoms. The lowest BCUT2D eigenvalue weighted by molar-refractivity contribution is 0.625. The molecule has 0 unspecified atom stereocenters. The van der Waals surface area contributed by atoms with E-state index in [1.165, 1.54) is 12.3 Å². The van der Waals surface area contributed by atoms with Crippen molar-refractivity contribution in [3.63, 3.8) is 0 Å². The largest absolute Gasteiger partial charge is 0.362 e. The summed E-state index contributed by atoms with van der Waals surface area (Å²) >= 11 is 0. The minimum Gasteiger partial charge on any atom is -0.362 e. The number of H-pyrrole nitrogens is 2. The second-order valence-electron chi connectivity index (χ2n) is 6.25. The molecule has 0 aliphatic heterocycles. The monoisotopic (exact) mass is 364 g/mol. The predicted molar refractivity (Wildman–Crippen MR) is 104 cm³/mol. The highest BCUT2D eigenvalue weighted by Gasteiger charge is 2.15. The van der Waals surface area contributed by atoms with Crippen molar-refractivity contribution in [2.24, 2.45) is 0 Å². The van der Waals surface area contributed by atoms with Gasteiger partial charge in [-0.15, -0.1) is 0 Å². The number of fused-ring (bicyclic) bond motifs is 1. The molecule has 0 atom stereocenters. The van der Waals surface area contributed by atoms with Gasteiger partial charge in [0.1, 0.15) is 17.3 Å². The number of halogens is 1. The van der Waals surface area contributed by atoms with Crippen LogP contribution in [-0.2, 0) is 0 Å². The Bertz CT molecular complexity index is 1180. The molecule has 3 N–H and O–H groups in total. The molecule has 0 amide bonds. The summed E-state index contributed by atoms with van der Waals surface area (Å²) in [5.74, 6) is 0.0298. The zero-order valence-corrected chi connectivity index (χ0v) is 14.7. The zero-order chi connectivity index (χ0) is 19.0. The van der Waals surface area contributed by atoms with E-state index in [0.717, 1.165) is 22.9 Å². The fourth-order valence-corrected chi connectivity index (χ4v) is 2.98. The SMILES string of the molecule is CN(C)c1[nH]c(=O)c(-c2ccncc2F)cc1Nc1ccnc2[nH]ccc12. The normalized spacial score (nSPS) is 10.9. The van der Waals surface area contributed by atoms with Crippen molar-refractivity contribution >= 4 is 28.2 Å². The summed E-state index contributed by atoms with van der Waals surface area (Å²) in [5, 5.41) is 4.24. The molecule has 0 aromatic carbocycles. The van der Waals surface area contributed by atoms with Crippen molar-refractivity contribution in [3.05, 3.63) is 65.2 Å². The van der Waals surface area contributed by atoms with Gasteiger partial charge in [0.2, 0.25) is 0 Å². The number of nitrogens with zero attached hydrogens (tertiary/aromatic N) is 3. The Labute approximate surface area is 153 Å². The third-order valence-corrected chi connectivity index (χ3v) is 4.26. The summed E-state index contributed by atoms with van der Waals surface area (Å²) in [4.78, 5) is 28.2. The Balaban J connectivity index is 1.88. The number of hydrogen-bond acceptors (Lipinski definition) is 5. The van der Waals surface area contributed by atoms with Gasteiger partial charge in [0, 0.05) is 43.6 Å². The van der Waals surface area contributed by atoms with Gasteiger partial charge < -0.3 is 20.2 Å². The van der Waals surface area contributed by atoms with Crippen molar-refractivity contribution in [2.75, 3.05) is 24.3 Å². The number of aromatic nitrogens is 4. The van der Waals surface area contributed by atoms with Crippen molar-refractivity contribution in [2.45, 2.75) is 0 Å². The highest BCUT2D eigenvalue weighted by molar-refractivity contribution is 5.92. The maximum Gasteiger partial charge on any atom is 0.257 e. The van der Waals surface area contributed by atoms with Crippen LogP contribution in [0.3, 0.4) is 0 Å². The first-order chi connectivity index (χ1) is 13.0. The number of hydrogen-bond donors (Lipinski definition) is 3. The van der Waals surface area contributed by atoms with E-state index in [-0.39, 0.29) is 16.7 Å². The van der Waals surface area contributed by atoms with E-state index in [9.17, 15) is 9.18 Å². The van der Waals surface area contributed by atoms with Crippen LogP contribution in [0.15, 0.2) is 53.8 Å². The summed E-state index contributed by atoms with van der Waals surface area (Å²) in [5.41, 5.74) is 2.24. The maximum atomic E-state index is 14.2. The van der Waals surface area contributed by atoms with E-state index in [2.05, 4.69) is 25.3 Å². The van der Waals surface area contributed by atoms with Gasteiger partial charge in [0.15, 0.2) is 0 Å². The molecule has 4 aromatic rings. The number of rotatable bonds is 4. The molecule has 0 fully saturated rings. The highest BCUT2D eigenvalue weighted by atomic mass is 19.1. The van der Waals surface area contributed by atoms with Gasteiger partial charge >= 0.3 is 0 Å². The molecule has 4 rings (SSSR count). The average Bonchev–Trinajstić information content (AvgIpc) is 3.13. The standard InChI is InChI=1S/C19H17FN6O/c1-26(2)18-16(24-15-5-8-23-17-12(15)4-7-22-17)9-13(19(27)25-18)11-3-6-21-10-14(11)20/h3-10H,1-2H3,(H,25,27)(H2,22,23,24). The van der Waals surface area contributed by atoms with Crippen molar-refractivity contribution in [3.8, 4) is 11.1 Å². The number of nitrogens with one attached hydrogen (secondary N) is 3. The topological polar surface area (TPSA) is 89.7 Å². The van der Waals surface area contributed by atoms with Crippen LogP contribution >= 0.6 is 0 Å². The van der Waals surface area contributed by atoms with E-state index in [1.54, 1.807) is 23.4 Å². The van der Waals surface area contributed by atoms with Crippen molar-refractivity contribution in [1.29, 1.82) is 0 Å². The first kappa shape index (κ1) is 16.8. The van der Waals surface area contributed by atoms with Gasteiger partial charge in [0.25, 0.3) is 5.56 Å². The zero-order valence-electron chi connectivity index (χ0n) is 14.7. The Hall–Kier alpha value is -3.68. The second kappa shape index (κ2) is 6.56. The molecule has 0 bridgehead atoms. The van der Waals surface area contributed by atoms with E-state index < -0.39 is 5.82 Å². The Morgan fingerprint density at radius 1 is 1.11 bits per heavy atom. The first-order valence-electron chi connectivity index (χ1n) is 8.28.